The Kier molecular flexibility index (Phi) is 3.82. The molecule has 0 saturated heterocycles. The van der Waals surface area contributed by atoms with Crippen molar-refractivity contribution in [1.82, 2.24) is 4.98 Å². The molecule has 0 radical (unpaired) electrons. The summed E-state index contributed by atoms with van der Waals surface area (Å²) in [6.45, 7) is 0. The first-order valence-electron chi connectivity index (χ1n) is 4.93. The fourth-order valence-electron chi connectivity index (χ4n) is 1.58. The Morgan fingerprint density at radius 2 is 2.12 bits per heavy atom. The molecule has 0 atom stereocenters. The molecule has 16 heavy (non-hydrogen) atoms. The largest absolute Gasteiger partial charge is 0.497 e. The Morgan fingerprint density at radius 3 is 2.81 bits per heavy atom. The number of aryl methyl sites for hydroxylation is 1. The number of alkyl halides is 1. The molecule has 0 aliphatic carbocycles. The lowest BCUT2D eigenvalue weighted by Crippen LogP contribution is -1.92. The quantitative estimate of drug-likeness (QED) is 0.621. The molecule has 0 amide bonds. The van der Waals surface area contributed by atoms with Crippen LogP contribution in [0.1, 0.15) is 5.56 Å². The van der Waals surface area contributed by atoms with E-state index >= 15 is 0 Å². The molecule has 2 aromatic rings. The standard InChI is InChI=1S/C12H11Br2NO/c1-16-10-2-3-11-9(7-10)6-8(4-5-13)12(14)15-11/h2-3,6-7H,4-5H2,1H3. The van der Waals surface area contributed by atoms with Crippen LogP contribution in [0, 0.1) is 0 Å². The van der Waals surface area contributed by atoms with E-state index in [1.165, 1.54) is 5.56 Å². The summed E-state index contributed by atoms with van der Waals surface area (Å²) in [5, 5.41) is 2.04. The van der Waals surface area contributed by atoms with Crippen LogP contribution in [0.2, 0.25) is 0 Å². The first-order chi connectivity index (χ1) is 7.74. The maximum atomic E-state index is 5.20. The van der Waals surface area contributed by atoms with Gasteiger partial charge in [-0.1, -0.05) is 15.9 Å². The highest BCUT2D eigenvalue weighted by molar-refractivity contribution is 9.10. The zero-order chi connectivity index (χ0) is 11.5. The predicted molar refractivity (Wildman–Crippen MR) is 73.5 cm³/mol. The minimum atomic E-state index is 0.862. The van der Waals surface area contributed by atoms with Crippen molar-refractivity contribution in [2.45, 2.75) is 6.42 Å². The Hall–Kier alpha value is -0.610. The fourth-order valence-corrected chi connectivity index (χ4v) is 2.51. The number of fused-ring (bicyclic) bond motifs is 1. The summed E-state index contributed by atoms with van der Waals surface area (Å²) in [7, 11) is 1.67. The summed E-state index contributed by atoms with van der Waals surface area (Å²) < 4.78 is 6.12. The van der Waals surface area contributed by atoms with Gasteiger partial charge in [-0.05, 0) is 52.2 Å². The van der Waals surface area contributed by atoms with E-state index in [4.69, 9.17) is 4.74 Å². The van der Waals surface area contributed by atoms with Gasteiger partial charge < -0.3 is 4.74 Å². The van der Waals surface area contributed by atoms with Gasteiger partial charge in [-0.3, -0.25) is 0 Å². The normalized spacial score (nSPS) is 10.7. The molecule has 1 heterocycles. The molecule has 4 heteroatoms. The number of nitrogens with zero attached hydrogens (tertiary/aromatic N) is 1. The van der Waals surface area contributed by atoms with Crippen LogP contribution in [0.5, 0.6) is 5.75 Å². The van der Waals surface area contributed by atoms with E-state index in [0.717, 1.165) is 33.0 Å². The highest BCUT2D eigenvalue weighted by atomic mass is 79.9. The minimum Gasteiger partial charge on any atom is -0.497 e. The topological polar surface area (TPSA) is 22.1 Å². The zero-order valence-electron chi connectivity index (χ0n) is 8.84. The third-order valence-corrected chi connectivity index (χ3v) is 3.49. The predicted octanol–water partition coefficient (Wildman–Crippen LogP) is 3.94. The van der Waals surface area contributed by atoms with E-state index in [0.29, 0.717) is 0 Å². The van der Waals surface area contributed by atoms with Crippen molar-refractivity contribution in [3.63, 3.8) is 0 Å². The van der Waals surface area contributed by atoms with Crippen LogP contribution in [-0.2, 0) is 6.42 Å². The second-order valence-electron chi connectivity index (χ2n) is 3.44. The Balaban J connectivity index is 2.56. The lowest BCUT2D eigenvalue weighted by atomic mass is 10.1. The van der Waals surface area contributed by atoms with Gasteiger partial charge in [0.25, 0.3) is 0 Å². The molecule has 0 aliphatic rings. The van der Waals surface area contributed by atoms with Crippen LogP contribution in [0.3, 0.4) is 0 Å². The van der Waals surface area contributed by atoms with Gasteiger partial charge in [0.1, 0.15) is 10.4 Å². The molecule has 84 valence electrons. The molecule has 1 aromatic heterocycles. The Bertz CT molecular complexity index is 514. The Labute approximate surface area is 111 Å². The van der Waals surface area contributed by atoms with Crippen molar-refractivity contribution < 1.29 is 4.74 Å². The molecule has 1 aromatic carbocycles. The van der Waals surface area contributed by atoms with E-state index in [1.807, 2.05) is 18.2 Å². The molecule has 0 N–H and O–H groups in total. The second kappa shape index (κ2) is 5.15. The number of aromatic nitrogens is 1. The van der Waals surface area contributed by atoms with Crippen molar-refractivity contribution in [2.24, 2.45) is 0 Å². The fraction of sp³-hybridized carbons (Fsp3) is 0.250. The van der Waals surface area contributed by atoms with Gasteiger partial charge in [0.15, 0.2) is 0 Å². The van der Waals surface area contributed by atoms with Crippen LogP contribution in [-0.4, -0.2) is 17.4 Å². The maximum absolute atomic E-state index is 5.20. The SMILES string of the molecule is COc1ccc2nc(Br)c(CCBr)cc2c1. The number of rotatable bonds is 3. The summed E-state index contributed by atoms with van der Waals surface area (Å²) in [6.07, 6.45) is 0.959. The van der Waals surface area contributed by atoms with Gasteiger partial charge >= 0.3 is 0 Å². The summed E-state index contributed by atoms with van der Waals surface area (Å²) in [6, 6.07) is 8.05. The molecule has 2 rings (SSSR count). The van der Waals surface area contributed by atoms with E-state index < -0.39 is 0 Å². The van der Waals surface area contributed by atoms with Crippen LogP contribution in [0.4, 0.5) is 0 Å². The molecule has 2 nitrogen and oxygen atoms in total. The number of hydrogen-bond donors (Lipinski definition) is 0. The third kappa shape index (κ3) is 2.38. The van der Waals surface area contributed by atoms with Crippen LogP contribution >= 0.6 is 31.9 Å². The van der Waals surface area contributed by atoms with E-state index in [2.05, 4.69) is 42.9 Å². The number of halogens is 2. The number of hydrogen-bond acceptors (Lipinski definition) is 2. The number of pyridine rings is 1. The number of benzene rings is 1. The van der Waals surface area contributed by atoms with Crippen LogP contribution < -0.4 is 4.74 Å². The first kappa shape index (κ1) is 11.9. The van der Waals surface area contributed by atoms with Gasteiger partial charge in [0.2, 0.25) is 0 Å². The van der Waals surface area contributed by atoms with E-state index in [1.54, 1.807) is 7.11 Å². The molecule has 0 fully saturated rings. The minimum absolute atomic E-state index is 0.862. The number of ether oxygens (including phenoxy) is 1. The van der Waals surface area contributed by atoms with Gasteiger partial charge in [-0.25, -0.2) is 4.98 Å². The average molecular weight is 345 g/mol. The first-order valence-corrected chi connectivity index (χ1v) is 6.85. The van der Waals surface area contributed by atoms with Gasteiger partial charge in [-0.2, -0.15) is 0 Å². The smallest absolute Gasteiger partial charge is 0.119 e. The maximum Gasteiger partial charge on any atom is 0.119 e. The monoisotopic (exact) mass is 343 g/mol. The lowest BCUT2D eigenvalue weighted by Gasteiger charge is -2.06. The second-order valence-corrected chi connectivity index (χ2v) is 4.98. The van der Waals surface area contributed by atoms with Crippen molar-refractivity contribution in [1.29, 1.82) is 0 Å². The molecule has 0 unspecified atom stereocenters. The average Bonchev–Trinajstić information content (AvgIpc) is 2.30. The van der Waals surface area contributed by atoms with E-state index in [-0.39, 0.29) is 0 Å². The van der Waals surface area contributed by atoms with Crippen molar-refractivity contribution in [3.05, 3.63) is 34.4 Å². The van der Waals surface area contributed by atoms with Crippen molar-refractivity contribution in [3.8, 4) is 5.75 Å². The van der Waals surface area contributed by atoms with Gasteiger partial charge in [0.05, 0.1) is 12.6 Å². The van der Waals surface area contributed by atoms with Crippen LogP contribution in [0.25, 0.3) is 10.9 Å². The van der Waals surface area contributed by atoms with Crippen LogP contribution in [0.15, 0.2) is 28.9 Å². The summed E-state index contributed by atoms with van der Waals surface area (Å²) in [5.41, 5.74) is 2.18. The summed E-state index contributed by atoms with van der Waals surface area (Å²) >= 11 is 6.93. The van der Waals surface area contributed by atoms with Gasteiger partial charge in [-0.15, -0.1) is 0 Å². The molecule has 0 saturated carbocycles. The third-order valence-electron chi connectivity index (χ3n) is 2.41. The summed E-state index contributed by atoms with van der Waals surface area (Å²) in [5.74, 6) is 0.862. The molecular formula is C12H11Br2NO. The number of methoxy groups -OCH3 is 1. The molecule has 0 spiro atoms. The Morgan fingerprint density at radius 1 is 1.31 bits per heavy atom. The molecular weight excluding hydrogens is 334 g/mol. The van der Waals surface area contributed by atoms with E-state index in [9.17, 15) is 0 Å². The molecule has 0 aliphatic heterocycles. The zero-order valence-corrected chi connectivity index (χ0v) is 12.0. The van der Waals surface area contributed by atoms with Crippen molar-refractivity contribution >= 4 is 42.8 Å². The summed E-state index contributed by atoms with van der Waals surface area (Å²) in [4.78, 5) is 4.51. The highest BCUT2D eigenvalue weighted by Gasteiger charge is 2.05. The van der Waals surface area contributed by atoms with Gasteiger partial charge in [0, 0.05) is 10.7 Å². The highest BCUT2D eigenvalue weighted by Crippen LogP contribution is 2.25. The lowest BCUT2D eigenvalue weighted by molar-refractivity contribution is 0.415. The van der Waals surface area contributed by atoms with Crippen molar-refractivity contribution in [2.75, 3.05) is 12.4 Å². The molecule has 0 bridgehead atoms.